The van der Waals surface area contributed by atoms with Crippen LogP contribution in [-0.4, -0.2) is 39.9 Å². The van der Waals surface area contributed by atoms with Crippen LogP contribution < -0.4 is 0 Å². The predicted molar refractivity (Wildman–Crippen MR) is 449 cm³/mol. The summed E-state index contributed by atoms with van der Waals surface area (Å²) in [5.74, 6) is 0. The van der Waals surface area contributed by atoms with Gasteiger partial charge in [-0.3, -0.25) is 15.0 Å². The molecule has 0 radical (unpaired) electrons. The van der Waals surface area contributed by atoms with Gasteiger partial charge in [-0.2, -0.15) is 0 Å². The van der Waals surface area contributed by atoms with E-state index >= 15 is 0 Å². The molecule has 8 heterocycles. The third kappa shape index (κ3) is 10.9. The highest BCUT2D eigenvalue weighted by Crippen LogP contribution is 2.42. The van der Waals surface area contributed by atoms with Crippen LogP contribution in [0, 0.1) is 0 Å². The lowest BCUT2D eigenvalue weighted by Gasteiger charge is -2.13. The lowest BCUT2D eigenvalue weighted by Crippen LogP contribution is -1.92. The first kappa shape index (κ1) is 62.0. The van der Waals surface area contributed by atoms with Gasteiger partial charge in [-0.25, -0.2) is 24.9 Å². The van der Waals surface area contributed by atoms with Gasteiger partial charge in [-0.15, -0.1) is 0 Å². The van der Waals surface area contributed by atoms with Gasteiger partial charge in [0.15, 0.2) is 0 Å². The highest BCUT2D eigenvalue weighted by Gasteiger charge is 2.18. The molecule has 0 unspecified atom stereocenters. The number of hydrogen-bond donors (Lipinski definition) is 0. The van der Waals surface area contributed by atoms with Crippen molar-refractivity contribution in [3.63, 3.8) is 0 Å². The molecule has 0 aliphatic rings. The van der Waals surface area contributed by atoms with E-state index in [0.717, 1.165) is 188 Å². The van der Waals surface area contributed by atoms with Crippen LogP contribution in [-0.2, 0) is 0 Å². The van der Waals surface area contributed by atoms with E-state index in [2.05, 4.69) is 324 Å². The van der Waals surface area contributed by atoms with Crippen LogP contribution in [0.25, 0.3) is 220 Å². The van der Waals surface area contributed by atoms with Gasteiger partial charge in [0, 0.05) is 89.5 Å². The number of nitrogens with zero attached hydrogens (tertiary/aromatic N) is 8. The molecule has 8 aromatic heterocycles. The van der Waals surface area contributed by atoms with Crippen LogP contribution in [0.4, 0.5) is 0 Å². The maximum atomic E-state index is 5.16. The van der Waals surface area contributed by atoms with Crippen LogP contribution in [0.1, 0.15) is 0 Å². The average molecular weight is 1370 g/mol. The van der Waals surface area contributed by atoms with Crippen molar-refractivity contribution in [3.8, 4) is 89.7 Å². The lowest BCUT2D eigenvalue weighted by atomic mass is 9.93. The van der Waals surface area contributed by atoms with Crippen molar-refractivity contribution in [1.29, 1.82) is 0 Å². The first-order chi connectivity index (χ1) is 53.5. The Morgan fingerprint density at radius 3 is 1.04 bits per heavy atom. The van der Waals surface area contributed by atoms with Gasteiger partial charge < -0.3 is 0 Å². The number of benzene rings is 14. The highest BCUT2D eigenvalue weighted by atomic mass is 14.8. The van der Waals surface area contributed by atoms with Gasteiger partial charge >= 0.3 is 0 Å². The van der Waals surface area contributed by atoms with E-state index < -0.39 is 0 Å². The summed E-state index contributed by atoms with van der Waals surface area (Å²) >= 11 is 0. The Balaban J connectivity index is 0.000000139. The van der Waals surface area contributed by atoms with Crippen molar-refractivity contribution >= 4 is 130 Å². The summed E-state index contributed by atoms with van der Waals surface area (Å²) in [5.41, 5.74) is 24.8. The minimum absolute atomic E-state index is 0.918. The summed E-state index contributed by atoms with van der Waals surface area (Å²) in [6.07, 6.45) is 5.50. The minimum Gasteiger partial charge on any atom is -0.254 e. The maximum absolute atomic E-state index is 5.16. The van der Waals surface area contributed by atoms with Gasteiger partial charge in [-0.05, 0) is 186 Å². The van der Waals surface area contributed by atoms with Crippen molar-refractivity contribution in [2.24, 2.45) is 0 Å². The standard InChI is InChI=1S/C54H32N4.C46H28N4/c1-2-10-43-41(8-1)42-9-3-4-11-44(42)48-31-39(17-22-45(43)48)52-26-21-38-30-36(19-24-51(38)58-52)35-18-23-50-37(29-35)20-25-49(57-50)34-15-13-33(14-16-34)47-32-40-7-5-27-55-53(40)54-46(47)12-6-28-56-54;1-2-7-29(8-3-1)40-23-17-34-27-32(15-21-41(34)48-40)33-16-22-42-35(28-33)18-25-43(49-42)38-19-20-39(37-11-5-4-10-36(37)38)44-24-14-31-13-12-30-9-6-26-47-45(30)46(31)50-44/h1-32H;1-28H. The second-order valence-corrected chi connectivity index (χ2v) is 27.7. The van der Waals surface area contributed by atoms with Gasteiger partial charge in [0.2, 0.25) is 0 Å². The molecular weight excluding hydrogens is 1310 g/mol. The summed E-state index contributed by atoms with van der Waals surface area (Å²) in [6, 6.07) is 122. The topological polar surface area (TPSA) is 103 Å². The van der Waals surface area contributed by atoms with E-state index in [1.54, 1.807) is 0 Å². The third-order valence-corrected chi connectivity index (χ3v) is 21.4. The van der Waals surface area contributed by atoms with Gasteiger partial charge in [0.1, 0.15) is 0 Å². The Morgan fingerprint density at radius 2 is 0.500 bits per heavy atom. The average Bonchev–Trinajstić information content (AvgIpc) is 0.750. The van der Waals surface area contributed by atoms with E-state index in [9.17, 15) is 0 Å². The number of pyridine rings is 8. The molecule has 0 atom stereocenters. The molecule has 0 bridgehead atoms. The van der Waals surface area contributed by atoms with Gasteiger partial charge in [0.05, 0.1) is 72.6 Å². The molecule has 0 saturated heterocycles. The van der Waals surface area contributed by atoms with Crippen LogP contribution in [0.5, 0.6) is 0 Å². The second kappa shape index (κ2) is 25.7. The van der Waals surface area contributed by atoms with Crippen molar-refractivity contribution in [3.05, 3.63) is 364 Å². The predicted octanol–water partition coefficient (Wildman–Crippen LogP) is 25.7. The number of fused-ring (bicyclic) bond motifs is 17. The largest absolute Gasteiger partial charge is 0.254 e. The second-order valence-electron chi connectivity index (χ2n) is 27.7. The number of rotatable bonds is 8. The van der Waals surface area contributed by atoms with Crippen molar-refractivity contribution in [2.45, 2.75) is 0 Å². The Hall–Kier alpha value is -14.6. The number of aromatic nitrogens is 8. The maximum Gasteiger partial charge on any atom is 0.0972 e. The fourth-order valence-corrected chi connectivity index (χ4v) is 16.0. The molecule has 0 saturated carbocycles. The lowest BCUT2D eigenvalue weighted by molar-refractivity contribution is 1.37. The molecule has 500 valence electrons. The van der Waals surface area contributed by atoms with Gasteiger partial charge in [0.25, 0.3) is 0 Å². The Kier molecular flexibility index (Phi) is 14.7. The summed E-state index contributed by atoms with van der Waals surface area (Å²) in [7, 11) is 0. The molecule has 108 heavy (non-hydrogen) atoms. The summed E-state index contributed by atoms with van der Waals surface area (Å²) < 4.78 is 0. The monoisotopic (exact) mass is 1370 g/mol. The van der Waals surface area contributed by atoms with Crippen molar-refractivity contribution in [2.75, 3.05) is 0 Å². The quantitative estimate of drug-likeness (QED) is 0.139. The highest BCUT2D eigenvalue weighted by molar-refractivity contribution is 6.26. The third-order valence-electron chi connectivity index (χ3n) is 21.4. The van der Waals surface area contributed by atoms with E-state index in [1.165, 1.54) is 32.3 Å². The van der Waals surface area contributed by atoms with Crippen LogP contribution in [0.2, 0.25) is 0 Å². The summed E-state index contributed by atoms with van der Waals surface area (Å²) in [6.45, 7) is 0. The van der Waals surface area contributed by atoms with Gasteiger partial charge in [-0.1, -0.05) is 237 Å². The van der Waals surface area contributed by atoms with E-state index in [1.807, 2.05) is 55.0 Å². The molecule has 0 aliphatic carbocycles. The molecule has 0 fully saturated rings. The molecule has 8 nitrogen and oxygen atoms in total. The summed E-state index contributed by atoms with van der Waals surface area (Å²) in [4.78, 5) is 39.4. The fraction of sp³-hybridized carbons (Fsp3) is 0. The van der Waals surface area contributed by atoms with E-state index in [0.29, 0.717) is 0 Å². The molecule has 0 aliphatic heterocycles. The molecule has 0 spiro atoms. The molecule has 0 N–H and O–H groups in total. The normalized spacial score (nSPS) is 11.7. The van der Waals surface area contributed by atoms with Crippen LogP contribution in [0.3, 0.4) is 0 Å². The first-order valence-corrected chi connectivity index (χ1v) is 36.4. The SMILES string of the molecule is c1ccc(-c2ccc3cc(-c4ccc5nc(-c6ccc(-c7ccc8ccc9cccnc9c8n7)c7ccccc67)ccc5c4)ccc3n2)cc1.c1cnc2c(c1)cc(-c1ccc(-c3ccc4cc(-c5ccc6nc(-c7ccc8c9ccccc9c9ccccc9c8c7)ccc6c5)ccc4n3)cc1)c1cccnc12. The number of hydrogen-bond acceptors (Lipinski definition) is 8. The van der Waals surface area contributed by atoms with Crippen LogP contribution >= 0.6 is 0 Å². The fourth-order valence-electron chi connectivity index (χ4n) is 16.0. The molecule has 22 rings (SSSR count). The minimum atomic E-state index is 0.918. The Labute approximate surface area is 620 Å². The Bertz CT molecular complexity index is 7410. The molecule has 14 aromatic carbocycles. The van der Waals surface area contributed by atoms with E-state index in [-0.39, 0.29) is 0 Å². The molecule has 0 amide bonds. The smallest absolute Gasteiger partial charge is 0.0972 e. The zero-order chi connectivity index (χ0) is 71.2. The van der Waals surface area contributed by atoms with Crippen molar-refractivity contribution in [1.82, 2.24) is 39.9 Å². The molecule has 8 heteroatoms. The first-order valence-electron chi connectivity index (χ1n) is 36.4. The van der Waals surface area contributed by atoms with Crippen LogP contribution in [0.15, 0.2) is 364 Å². The molecular formula is C100H60N8. The van der Waals surface area contributed by atoms with E-state index in [4.69, 9.17) is 24.9 Å². The Morgan fingerprint density at radius 1 is 0.148 bits per heavy atom. The molecule has 22 aromatic rings. The summed E-state index contributed by atoms with van der Waals surface area (Å²) in [5, 5.41) is 18.7. The zero-order valence-electron chi connectivity index (χ0n) is 58.2. The zero-order valence-corrected chi connectivity index (χ0v) is 58.2. The van der Waals surface area contributed by atoms with Crippen molar-refractivity contribution < 1.29 is 0 Å².